The first-order chi connectivity index (χ1) is 12.0. The predicted molar refractivity (Wildman–Crippen MR) is 99.5 cm³/mol. The van der Waals surface area contributed by atoms with Crippen molar-refractivity contribution in [3.8, 4) is 5.75 Å². The van der Waals surface area contributed by atoms with E-state index in [9.17, 15) is 9.90 Å². The van der Waals surface area contributed by atoms with Gasteiger partial charge in [0.1, 0.15) is 5.75 Å². The van der Waals surface area contributed by atoms with Crippen LogP contribution in [0.25, 0.3) is 0 Å². The Hall–Kier alpha value is -2.18. The molecule has 0 radical (unpaired) electrons. The number of rotatable bonds is 4. The highest BCUT2D eigenvalue weighted by Gasteiger charge is 2.46. The molecule has 25 heavy (non-hydrogen) atoms. The third kappa shape index (κ3) is 3.19. The lowest BCUT2D eigenvalue weighted by molar-refractivity contribution is -0.0766. The summed E-state index contributed by atoms with van der Waals surface area (Å²) in [6.45, 7) is 1.96. The Morgan fingerprint density at radius 3 is 2.56 bits per heavy atom. The van der Waals surface area contributed by atoms with Gasteiger partial charge in [-0.25, -0.2) is 0 Å². The number of methoxy groups -OCH3 is 1. The summed E-state index contributed by atoms with van der Waals surface area (Å²) in [5, 5.41) is 16.9. The van der Waals surface area contributed by atoms with Gasteiger partial charge in [-0.3, -0.25) is 4.79 Å². The number of halogens is 1. The Balaban J connectivity index is 2.03. The van der Waals surface area contributed by atoms with Gasteiger partial charge < -0.3 is 9.84 Å². The zero-order valence-electron chi connectivity index (χ0n) is 14.1. The molecule has 0 bridgehead atoms. The normalized spacial score (nSPS) is 19.7. The second kappa shape index (κ2) is 6.98. The van der Waals surface area contributed by atoms with E-state index in [0.717, 1.165) is 5.71 Å². The van der Waals surface area contributed by atoms with Crippen LogP contribution < -0.4 is 4.74 Å². The molecule has 1 N–H and O–H groups in total. The summed E-state index contributed by atoms with van der Waals surface area (Å²) in [6.07, 6.45) is 0.949. The van der Waals surface area contributed by atoms with Crippen LogP contribution in [0, 0.1) is 0 Å². The second-order valence-electron chi connectivity index (χ2n) is 5.84. The van der Waals surface area contributed by atoms with Crippen molar-refractivity contribution in [3.05, 3.63) is 64.1 Å². The van der Waals surface area contributed by atoms with Crippen molar-refractivity contribution >= 4 is 27.5 Å². The van der Waals surface area contributed by atoms with Crippen LogP contribution in [-0.4, -0.2) is 28.8 Å². The smallest absolute Gasteiger partial charge is 0.278 e. The molecule has 1 aliphatic rings. The standard InChI is InChI=1S/C19H19BrN2O3/c1-3-14-12-19(24,13-8-10-15(25-2)11-9-13)22(21-14)18(23)16-6-4-5-7-17(16)20/h4-11,24H,3,12H2,1-2H3/t19-/m0/s1. The molecule has 2 aromatic carbocycles. The van der Waals surface area contributed by atoms with Crippen LogP contribution in [-0.2, 0) is 5.72 Å². The van der Waals surface area contributed by atoms with Crippen LogP contribution >= 0.6 is 15.9 Å². The molecule has 6 heteroatoms. The van der Waals surface area contributed by atoms with Gasteiger partial charge >= 0.3 is 0 Å². The molecule has 130 valence electrons. The van der Waals surface area contributed by atoms with Crippen molar-refractivity contribution in [2.45, 2.75) is 25.5 Å². The lowest BCUT2D eigenvalue weighted by atomic mass is 9.96. The van der Waals surface area contributed by atoms with E-state index in [1.807, 2.05) is 13.0 Å². The van der Waals surface area contributed by atoms with Crippen LogP contribution in [0.2, 0.25) is 0 Å². The van der Waals surface area contributed by atoms with Crippen LogP contribution in [0.3, 0.4) is 0 Å². The number of hydrogen-bond donors (Lipinski definition) is 1. The minimum absolute atomic E-state index is 0.284. The number of carbonyl (C=O) groups is 1. The zero-order chi connectivity index (χ0) is 18.0. The third-order valence-electron chi connectivity index (χ3n) is 4.30. The van der Waals surface area contributed by atoms with Gasteiger partial charge in [0.2, 0.25) is 0 Å². The maximum Gasteiger partial charge on any atom is 0.278 e. The Morgan fingerprint density at radius 2 is 1.96 bits per heavy atom. The summed E-state index contributed by atoms with van der Waals surface area (Å²) in [4.78, 5) is 13.0. The fourth-order valence-corrected chi connectivity index (χ4v) is 3.31. The fraction of sp³-hybridized carbons (Fsp3) is 0.263. The van der Waals surface area contributed by atoms with E-state index < -0.39 is 5.72 Å². The number of carbonyl (C=O) groups excluding carboxylic acids is 1. The molecule has 0 saturated heterocycles. The topological polar surface area (TPSA) is 62.1 Å². The maximum atomic E-state index is 13.0. The van der Waals surface area contributed by atoms with Crippen molar-refractivity contribution in [2.24, 2.45) is 5.10 Å². The molecular formula is C19H19BrN2O3. The summed E-state index contributed by atoms with van der Waals surface area (Å²) in [5.74, 6) is 0.333. The molecule has 2 aromatic rings. The van der Waals surface area contributed by atoms with Crippen molar-refractivity contribution in [1.29, 1.82) is 0 Å². The molecule has 3 rings (SSSR count). The van der Waals surface area contributed by atoms with Crippen molar-refractivity contribution in [3.63, 3.8) is 0 Å². The maximum absolute atomic E-state index is 13.0. The number of amides is 1. The largest absolute Gasteiger partial charge is 0.497 e. The highest BCUT2D eigenvalue weighted by atomic mass is 79.9. The summed E-state index contributed by atoms with van der Waals surface area (Å²) < 4.78 is 5.83. The molecule has 1 aliphatic heterocycles. The minimum atomic E-state index is -1.51. The molecule has 0 aliphatic carbocycles. The fourth-order valence-electron chi connectivity index (χ4n) is 2.86. The molecule has 0 spiro atoms. The molecule has 0 fully saturated rings. The minimum Gasteiger partial charge on any atom is -0.497 e. The first kappa shape index (κ1) is 17.6. The van der Waals surface area contributed by atoms with Gasteiger partial charge in [-0.15, -0.1) is 0 Å². The highest BCUT2D eigenvalue weighted by molar-refractivity contribution is 9.10. The number of hydrazone groups is 1. The van der Waals surface area contributed by atoms with E-state index in [4.69, 9.17) is 4.74 Å². The number of hydrogen-bond acceptors (Lipinski definition) is 4. The van der Waals surface area contributed by atoms with Gasteiger partial charge in [0, 0.05) is 22.2 Å². The van der Waals surface area contributed by atoms with E-state index in [0.29, 0.717) is 27.8 Å². The van der Waals surface area contributed by atoms with Gasteiger partial charge in [0.05, 0.1) is 12.7 Å². The van der Waals surface area contributed by atoms with Crippen LogP contribution in [0.4, 0.5) is 0 Å². The lowest BCUT2D eigenvalue weighted by Gasteiger charge is -2.31. The number of ether oxygens (including phenoxy) is 1. The van der Waals surface area contributed by atoms with Crippen molar-refractivity contribution in [2.75, 3.05) is 7.11 Å². The van der Waals surface area contributed by atoms with E-state index in [2.05, 4.69) is 21.0 Å². The Bertz CT molecular complexity index is 820. The molecule has 0 saturated carbocycles. The summed E-state index contributed by atoms with van der Waals surface area (Å²) in [7, 11) is 1.58. The van der Waals surface area contributed by atoms with Crippen LogP contribution in [0.5, 0.6) is 5.75 Å². The Kier molecular flexibility index (Phi) is 4.92. The molecule has 1 heterocycles. The average molecular weight is 403 g/mol. The lowest BCUT2D eigenvalue weighted by Crippen LogP contribution is -2.43. The summed E-state index contributed by atoms with van der Waals surface area (Å²) in [6, 6.07) is 14.2. The predicted octanol–water partition coefficient (Wildman–Crippen LogP) is 3.91. The molecule has 0 aromatic heterocycles. The van der Waals surface area contributed by atoms with Gasteiger partial charge in [-0.1, -0.05) is 31.2 Å². The van der Waals surface area contributed by atoms with Crippen molar-refractivity contribution in [1.82, 2.24) is 5.01 Å². The van der Waals surface area contributed by atoms with Crippen LogP contribution in [0.15, 0.2) is 58.1 Å². The SMILES string of the molecule is CCC1=NN(C(=O)c2ccccc2Br)[C@@](O)(c2ccc(OC)cc2)C1. The highest BCUT2D eigenvalue weighted by Crippen LogP contribution is 2.38. The van der Waals surface area contributed by atoms with Crippen LogP contribution in [0.1, 0.15) is 35.7 Å². The molecule has 0 unspecified atom stereocenters. The van der Waals surface area contributed by atoms with Gasteiger partial charge in [0.15, 0.2) is 5.72 Å². The summed E-state index contributed by atoms with van der Waals surface area (Å²) in [5.41, 5.74) is 0.319. The quantitative estimate of drug-likeness (QED) is 0.842. The average Bonchev–Trinajstić information content (AvgIpc) is 3.00. The number of nitrogens with zero attached hydrogens (tertiary/aromatic N) is 2. The Morgan fingerprint density at radius 1 is 1.28 bits per heavy atom. The van der Waals surface area contributed by atoms with E-state index in [-0.39, 0.29) is 12.3 Å². The van der Waals surface area contributed by atoms with Gasteiger partial charge in [0.25, 0.3) is 5.91 Å². The first-order valence-electron chi connectivity index (χ1n) is 8.02. The summed E-state index contributed by atoms with van der Waals surface area (Å²) >= 11 is 3.39. The van der Waals surface area contributed by atoms with E-state index in [1.165, 1.54) is 5.01 Å². The second-order valence-corrected chi connectivity index (χ2v) is 6.69. The van der Waals surface area contributed by atoms with Crippen molar-refractivity contribution < 1.29 is 14.6 Å². The third-order valence-corrected chi connectivity index (χ3v) is 4.99. The van der Waals surface area contributed by atoms with Gasteiger partial charge in [-0.2, -0.15) is 10.1 Å². The van der Waals surface area contributed by atoms with E-state index >= 15 is 0 Å². The monoisotopic (exact) mass is 402 g/mol. The first-order valence-corrected chi connectivity index (χ1v) is 8.81. The van der Waals surface area contributed by atoms with E-state index in [1.54, 1.807) is 49.6 Å². The Labute approximate surface area is 155 Å². The molecule has 5 nitrogen and oxygen atoms in total. The van der Waals surface area contributed by atoms with Gasteiger partial charge in [-0.05, 0) is 46.6 Å². The number of aliphatic hydroxyl groups is 1. The number of benzene rings is 2. The molecule has 1 amide bonds. The molecular weight excluding hydrogens is 384 g/mol. The zero-order valence-corrected chi connectivity index (χ0v) is 15.7. The molecule has 1 atom stereocenters.